The number of nitrogens with one attached hydrogen (secondary N) is 1. The van der Waals surface area contributed by atoms with Crippen LogP contribution in [0.3, 0.4) is 0 Å². The molecule has 3 heteroatoms. The van der Waals surface area contributed by atoms with Gasteiger partial charge < -0.3 is 10.2 Å². The lowest BCUT2D eigenvalue weighted by Gasteiger charge is -2.12. The van der Waals surface area contributed by atoms with Crippen LogP contribution in [0.25, 0.3) is 0 Å². The zero-order valence-electron chi connectivity index (χ0n) is 12.0. The van der Waals surface area contributed by atoms with E-state index >= 15 is 0 Å². The number of benzene rings is 1. The Labute approximate surface area is 120 Å². The van der Waals surface area contributed by atoms with E-state index in [-0.39, 0.29) is 0 Å². The van der Waals surface area contributed by atoms with Crippen LogP contribution in [0.1, 0.15) is 16.7 Å². The maximum atomic E-state index is 4.14. The second-order valence-electron chi connectivity index (χ2n) is 5.42. The van der Waals surface area contributed by atoms with Crippen molar-refractivity contribution in [2.24, 2.45) is 0 Å². The van der Waals surface area contributed by atoms with Crippen LogP contribution in [-0.2, 0) is 19.4 Å². The smallest absolute Gasteiger partial charge is 0.0397 e. The van der Waals surface area contributed by atoms with E-state index in [0.29, 0.717) is 0 Å². The number of rotatable bonds is 5. The molecule has 0 atom stereocenters. The highest BCUT2D eigenvalue weighted by atomic mass is 15.1. The van der Waals surface area contributed by atoms with Crippen molar-refractivity contribution in [2.45, 2.75) is 19.4 Å². The molecule has 1 aliphatic heterocycles. The number of anilines is 1. The predicted molar refractivity (Wildman–Crippen MR) is 83.1 cm³/mol. The molecule has 2 aromatic rings. The molecule has 1 aromatic carbocycles. The minimum atomic E-state index is 0.942. The summed E-state index contributed by atoms with van der Waals surface area (Å²) < 4.78 is 0. The summed E-state index contributed by atoms with van der Waals surface area (Å²) in [5.74, 6) is 0. The van der Waals surface area contributed by atoms with E-state index in [9.17, 15) is 0 Å². The first-order chi connectivity index (χ1) is 9.83. The fourth-order valence-electron chi connectivity index (χ4n) is 2.74. The van der Waals surface area contributed by atoms with Crippen molar-refractivity contribution in [3.05, 3.63) is 59.4 Å². The molecular formula is C17H21N3. The minimum Gasteiger partial charge on any atom is -0.374 e. The largest absolute Gasteiger partial charge is 0.374 e. The molecule has 0 radical (unpaired) electrons. The summed E-state index contributed by atoms with van der Waals surface area (Å²) in [7, 11) is 2.16. The lowest BCUT2D eigenvalue weighted by molar-refractivity contribution is 0.685. The van der Waals surface area contributed by atoms with Gasteiger partial charge in [-0.2, -0.15) is 0 Å². The third-order valence-corrected chi connectivity index (χ3v) is 3.91. The lowest BCUT2D eigenvalue weighted by atomic mass is 10.1. The van der Waals surface area contributed by atoms with Crippen molar-refractivity contribution in [3.8, 4) is 0 Å². The Kier molecular flexibility index (Phi) is 3.97. The number of likely N-dealkylation sites (N-methyl/N-ethyl adjacent to an activating group) is 1. The Bertz CT molecular complexity index is 566. The Morgan fingerprint density at radius 3 is 3.05 bits per heavy atom. The maximum Gasteiger partial charge on any atom is 0.0397 e. The number of fused-ring (bicyclic) bond motifs is 1. The Balaban J connectivity index is 1.50. The molecule has 1 aliphatic rings. The van der Waals surface area contributed by atoms with E-state index < -0.39 is 0 Å². The van der Waals surface area contributed by atoms with E-state index in [1.165, 1.54) is 28.8 Å². The van der Waals surface area contributed by atoms with Gasteiger partial charge in [-0.15, -0.1) is 0 Å². The van der Waals surface area contributed by atoms with Crippen LogP contribution >= 0.6 is 0 Å². The number of nitrogens with zero attached hydrogens (tertiary/aromatic N) is 2. The molecule has 20 heavy (non-hydrogen) atoms. The van der Waals surface area contributed by atoms with Crippen LogP contribution in [0.5, 0.6) is 0 Å². The van der Waals surface area contributed by atoms with Gasteiger partial charge in [-0.25, -0.2) is 0 Å². The molecule has 0 saturated carbocycles. The van der Waals surface area contributed by atoms with Crippen molar-refractivity contribution in [1.29, 1.82) is 0 Å². The van der Waals surface area contributed by atoms with Crippen molar-refractivity contribution < 1.29 is 0 Å². The predicted octanol–water partition coefficient (Wildman–Crippen LogP) is 2.41. The maximum absolute atomic E-state index is 4.14. The molecule has 1 aromatic heterocycles. The second-order valence-corrected chi connectivity index (χ2v) is 5.42. The van der Waals surface area contributed by atoms with Crippen molar-refractivity contribution in [1.82, 2.24) is 10.3 Å². The highest BCUT2D eigenvalue weighted by Gasteiger charge is 2.15. The van der Waals surface area contributed by atoms with E-state index in [4.69, 9.17) is 0 Å². The average Bonchev–Trinajstić information content (AvgIpc) is 2.86. The minimum absolute atomic E-state index is 0.942. The molecule has 0 saturated heterocycles. The SMILES string of the molecule is CN1CCc2cc(CNCCc3cccnc3)ccc21. The van der Waals surface area contributed by atoms with Gasteiger partial charge in [-0.05, 0) is 48.2 Å². The first-order valence-electron chi connectivity index (χ1n) is 7.25. The van der Waals surface area contributed by atoms with Gasteiger partial charge in [-0.3, -0.25) is 4.98 Å². The van der Waals surface area contributed by atoms with Gasteiger partial charge in [0.05, 0.1) is 0 Å². The third kappa shape index (κ3) is 2.99. The fraction of sp³-hybridized carbons (Fsp3) is 0.353. The van der Waals surface area contributed by atoms with Gasteiger partial charge in [0.1, 0.15) is 0 Å². The van der Waals surface area contributed by atoms with Gasteiger partial charge >= 0.3 is 0 Å². The lowest BCUT2D eigenvalue weighted by Crippen LogP contribution is -2.17. The number of hydrogen-bond donors (Lipinski definition) is 1. The topological polar surface area (TPSA) is 28.2 Å². The zero-order valence-corrected chi connectivity index (χ0v) is 12.0. The normalized spacial score (nSPS) is 13.6. The standard InChI is InChI=1S/C17H21N3/c1-20-10-7-16-11-15(4-5-17(16)20)13-19-9-6-14-3-2-8-18-12-14/h2-5,8,11-12,19H,6-7,9-10,13H2,1H3. The van der Waals surface area contributed by atoms with E-state index in [2.05, 4.69) is 46.5 Å². The van der Waals surface area contributed by atoms with E-state index in [1.54, 1.807) is 0 Å². The highest BCUT2D eigenvalue weighted by molar-refractivity contribution is 5.58. The van der Waals surface area contributed by atoms with Crippen LogP contribution < -0.4 is 10.2 Å². The van der Waals surface area contributed by atoms with Crippen molar-refractivity contribution in [3.63, 3.8) is 0 Å². The van der Waals surface area contributed by atoms with Crippen LogP contribution in [0.4, 0.5) is 5.69 Å². The molecule has 2 heterocycles. The molecule has 1 N–H and O–H groups in total. The van der Waals surface area contributed by atoms with E-state index in [1.807, 2.05) is 18.5 Å². The molecule has 0 spiro atoms. The molecular weight excluding hydrogens is 246 g/mol. The first-order valence-corrected chi connectivity index (χ1v) is 7.25. The molecule has 0 unspecified atom stereocenters. The summed E-state index contributed by atoms with van der Waals surface area (Å²) >= 11 is 0. The molecule has 0 fully saturated rings. The van der Waals surface area contributed by atoms with E-state index in [0.717, 1.165) is 26.1 Å². The zero-order chi connectivity index (χ0) is 13.8. The second kappa shape index (κ2) is 6.06. The summed E-state index contributed by atoms with van der Waals surface area (Å²) in [5.41, 5.74) is 5.55. The first kappa shape index (κ1) is 13.1. The van der Waals surface area contributed by atoms with Crippen LogP contribution in [0, 0.1) is 0 Å². The quantitative estimate of drug-likeness (QED) is 0.843. The molecule has 3 rings (SSSR count). The van der Waals surface area contributed by atoms with Crippen molar-refractivity contribution in [2.75, 3.05) is 25.0 Å². The van der Waals surface area contributed by atoms with Gasteiger partial charge in [0.2, 0.25) is 0 Å². The monoisotopic (exact) mass is 267 g/mol. The van der Waals surface area contributed by atoms with Gasteiger partial charge in [-0.1, -0.05) is 18.2 Å². The van der Waals surface area contributed by atoms with Crippen LogP contribution in [0.15, 0.2) is 42.7 Å². The summed E-state index contributed by atoms with van der Waals surface area (Å²) in [6.07, 6.45) is 5.96. The molecule has 0 aliphatic carbocycles. The average molecular weight is 267 g/mol. The fourth-order valence-corrected chi connectivity index (χ4v) is 2.74. The molecule has 104 valence electrons. The number of hydrogen-bond acceptors (Lipinski definition) is 3. The van der Waals surface area contributed by atoms with Crippen LogP contribution in [-0.4, -0.2) is 25.1 Å². The van der Waals surface area contributed by atoms with Crippen LogP contribution in [0.2, 0.25) is 0 Å². The summed E-state index contributed by atoms with van der Waals surface area (Å²) in [5, 5.41) is 3.51. The van der Waals surface area contributed by atoms with Crippen molar-refractivity contribution >= 4 is 5.69 Å². The molecule has 0 bridgehead atoms. The Morgan fingerprint density at radius 2 is 2.20 bits per heavy atom. The van der Waals surface area contributed by atoms with Gasteiger partial charge in [0.15, 0.2) is 0 Å². The summed E-state index contributed by atoms with van der Waals surface area (Å²) in [6, 6.07) is 10.9. The van der Waals surface area contributed by atoms with Gasteiger partial charge in [0, 0.05) is 38.2 Å². The Hall–Kier alpha value is -1.87. The summed E-state index contributed by atoms with van der Waals surface area (Å²) in [4.78, 5) is 6.46. The van der Waals surface area contributed by atoms with Gasteiger partial charge in [0.25, 0.3) is 0 Å². The molecule has 0 amide bonds. The number of pyridine rings is 1. The Morgan fingerprint density at radius 1 is 1.25 bits per heavy atom. The third-order valence-electron chi connectivity index (χ3n) is 3.91. The summed E-state index contributed by atoms with van der Waals surface area (Å²) in [6.45, 7) is 3.08. The number of aromatic nitrogens is 1. The highest BCUT2D eigenvalue weighted by Crippen LogP contribution is 2.27. The molecule has 3 nitrogen and oxygen atoms in total.